The zero-order valence-electron chi connectivity index (χ0n) is 9.51. The molecule has 84 valence electrons. The lowest BCUT2D eigenvalue weighted by molar-refractivity contribution is 0.862. The third-order valence-electron chi connectivity index (χ3n) is 2.74. The molecule has 0 aliphatic carbocycles. The minimum Gasteiger partial charge on any atom is -0.235 e. The summed E-state index contributed by atoms with van der Waals surface area (Å²) < 4.78 is 0. The van der Waals surface area contributed by atoms with Crippen molar-refractivity contribution in [3.63, 3.8) is 0 Å². The van der Waals surface area contributed by atoms with Gasteiger partial charge in [0, 0.05) is 10.4 Å². The van der Waals surface area contributed by atoms with Crippen LogP contribution in [0.2, 0.25) is 10.2 Å². The maximum absolute atomic E-state index is 6.17. The molecule has 0 saturated carbocycles. The van der Waals surface area contributed by atoms with Gasteiger partial charge in [-0.15, -0.1) is 0 Å². The number of fused-ring (bicyclic) bond motifs is 1. The first-order valence-electron chi connectivity index (χ1n) is 5.26. The highest BCUT2D eigenvalue weighted by Crippen LogP contribution is 2.31. The van der Waals surface area contributed by atoms with E-state index < -0.39 is 0 Å². The van der Waals surface area contributed by atoms with Crippen molar-refractivity contribution in [2.75, 3.05) is 0 Å². The predicted molar refractivity (Wildman–Crippen MR) is 70.6 cm³/mol. The Morgan fingerprint density at radius 3 is 2.50 bits per heavy atom. The van der Waals surface area contributed by atoms with Crippen molar-refractivity contribution < 1.29 is 0 Å². The van der Waals surface area contributed by atoms with Gasteiger partial charge in [0.1, 0.15) is 5.15 Å². The van der Waals surface area contributed by atoms with Crippen molar-refractivity contribution in [1.82, 2.24) is 4.98 Å². The molecule has 0 amide bonds. The highest BCUT2D eigenvalue weighted by atomic mass is 35.5. The van der Waals surface area contributed by atoms with Crippen molar-refractivity contribution in [3.8, 4) is 0 Å². The summed E-state index contributed by atoms with van der Waals surface area (Å²) in [7, 11) is 0. The minimum atomic E-state index is 0.348. The van der Waals surface area contributed by atoms with E-state index in [1.54, 1.807) is 0 Å². The standard InChI is InChI=1S/C13H13Cl2N/c1-7(2)9-6-10-11(14)5-4-8(3)12(10)16-13(9)15/h4-7H,1-3H3. The molecule has 16 heavy (non-hydrogen) atoms. The average Bonchev–Trinajstić information content (AvgIpc) is 2.23. The van der Waals surface area contributed by atoms with E-state index in [2.05, 4.69) is 18.8 Å². The fourth-order valence-corrected chi connectivity index (χ4v) is 2.33. The average molecular weight is 254 g/mol. The molecule has 0 fully saturated rings. The van der Waals surface area contributed by atoms with Gasteiger partial charge in [-0.2, -0.15) is 0 Å². The van der Waals surface area contributed by atoms with Gasteiger partial charge in [-0.3, -0.25) is 0 Å². The first kappa shape index (κ1) is 11.7. The van der Waals surface area contributed by atoms with Crippen molar-refractivity contribution >= 4 is 34.1 Å². The first-order chi connectivity index (χ1) is 7.50. The fraction of sp³-hybridized carbons (Fsp3) is 0.308. The van der Waals surface area contributed by atoms with Gasteiger partial charge >= 0.3 is 0 Å². The van der Waals surface area contributed by atoms with Gasteiger partial charge in [0.25, 0.3) is 0 Å². The largest absolute Gasteiger partial charge is 0.235 e. The van der Waals surface area contributed by atoms with Crippen molar-refractivity contribution in [3.05, 3.63) is 39.5 Å². The van der Waals surface area contributed by atoms with Crippen LogP contribution >= 0.6 is 23.2 Å². The molecule has 2 rings (SSSR count). The molecule has 0 atom stereocenters. The van der Waals surface area contributed by atoms with E-state index in [1.165, 1.54) is 0 Å². The molecule has 0 saturated heterocycles. The second-order valence-electron chi connectivity index (χ2n) is 4.28. The summed E-state index contributed by atoms with van der Waals surface area (Å²) in [6, 6.07) is 5.91. The van der Waals surface area contributed by atoms with E-state index in [-0.39, 0.29) is 0 Å². The highest BCUT2D eigenvalue weighted by Gasteiger charge is 2.11. The summed E-state index contributed by atoms with van der Waals surface area (Å²) in [6.45, 7) is 6.20. The molecule has 0 unspecified atom stereocenters. The Morgan fingerprint density at radius 1 is 1.19 bits per heavy atom. The van der Waals surface area contributed by atoms with Crippen molar-refractivity contribution in [2.24, 2.45) is 0 Å². The third-order valence-corrected chi connectivity index (χ3v) is 3.37. The molecular formula is C13H13Cl2N. The number of hydrogen-bond donors (Lipinski definition) is 0. The Labute approximate surface area is 105 Å². The van der Waals surface area contributed by atoms with Gasteiger partial charge in [-0.1, -0.05) is 43.1 Å². The van der Waals surface area contributed by atoms with Crippen LogP contribution in [-0.2, 0) is 0 Å². The SMILES string of the molecule is Cc1ccc(Cl)c2cc(C(C)C)c(Cl)nc12. The number of aryl methyl sites for hydroxylation is 1. The molecule has 0 aliphatic heterocycles. The van der Waals surface area contributed by atoms with Crippen LogP contribution in [0.3, 0.4) is 0 Å². The summed E-state index contributed by atoms with van der Waals surface area (Å²) in [5.41, 5.74) is 3.03. The van der Waals surface area contributed by atoms with Crippen LogP contribution in [0.15, 0.2) is 18.2 Å². The third kappa shape index (κ3) is 1.90. The van der Waals surface area contributed by atoms with Crippen molar-refractivity contribution in [1.29, 1.82) is 0 Å². The van der Waals surface area contributed by atoms with E-state index >= 15 is 0 Å². The second-order valence-corrected chi connectivity index (χ2v) is 5.05. The molecule has 0 aliphatic rings. The lowest BCUT2D eigenvalue weighted by Crippen LogP contribution is -1.94. The topological polar surface area (TPSA) is 12.9 Å². The molecule has 1 nitrogen and oxygen atoms in total. The Balaban J connectivity index is 2.84. The normalized spacial score (nSPS) is 11.4. The molecule has 1 aromatic carbocycles. The van der Waals surface area contributed by atoms with E-state index in [1.807, 2.05) is 25.1 Å². The quantitative estimate of drug-likeness (QED) is 0.654. The smallest absolute Gasteiger partial charge is 0.133 e. The number of hydrogen-bond acceptors (Lipinski definition) is 1. The molecule has 3 heteroatoms. The second kappa shape index (κ2) is 4.23. The molecule has 2 aromatic rings. The molecule has 0 spiro atoms. The van der Waals surface area contributed by atoms with Crippen LogP contribution in [0.25, 0.3) is 10.9 Å². The predicted octanol–water partition coefficient (Wildman–Crippen LogP) is 4.97. The van der Waals surface area contributed by atoms with E-state index in [4.69, 9.17) is 23.2 Å². The lowest BCUT2D eigenvalue weighted by Gasteiger charge is -2.11. The maximum Gasteiger partial charge on any atom is 0.133 e. The summed E-state index contributed by atoms with van der Waals surface area (Å²) in [4.78, 5) is 4.44. The van der Waals surface area contributed by atoms with Crippen LogP contribution in [-0.4, -0.2) is 4.98 Å². The van der Waals surface area contributed by atoms with Crippen LogP contribution in [0.5, 0.6) is 0 Å². The van der Waals surface area contributed by atoms with Gasteiger partial charge in [0.2, 0.25) is 0 Å². The lowest BCUT2D eigenvalue weighted by atomic mass is 10.0. The molecule has 0 radical (unpaired) electrons. The highest BCUT2D eigenvalue weighted by molar-refractivity contribution is 6.36. The van der Waals surface area contributed by atoms with Gasteiger partial charge in [-0.25, -0.2) is 4.98 Å². The minimum absolute atomic E-state index is 0.348. The first-order valence-corrected chi connectivity index (χ1v) is 6.01. The molecule has 0 N–H and O–H groups in total. The number of nitrogens with zero attached hydrogens (tertiary/aromatic N) is 1. The van der Waals surface area contributed by atoms with Gasteiger partial charge in [0.15, 0.2) is 0 Å². The molecule has 0 bridgehead atoms. The summed E-state index contributed by atoms with van der Waals surface area (Å²) in [5.74, 6) is 0.348. The summed E-state index contributed by atoms with van der Waals surface area (Å²) in [5, 5.41) is 2.29. The fourth-order valence-electron chi connectivity index (χ4n) is 1.76. The Morgan fingerprint density at radius 2 is 1.88 bits per heavy atom. The zero-order chi connectivity index (χ0) is 11.9. The number of pyridine rings is 1. The Hall–Kier alpha value is -0.790. The van der Waals surface area contributed by atoms with Crippen LogP contribution in [0, 0.1) is 6.92 Å². The zero-order valence-corrected chi connectivity index (χ0v) is 11.0. The van der Waals surface area contributed by atoms with Gasteiger partial charge in [-0.05, 0) is 36.1 Å². The number of rotatable bonds is 1. The number of benzene rings is 1. The van der Waals surface area contributed by atoms with Crippen LogP contribution in [0.4, 0.5) is 0 Å². The van der Waals surface area contributed by atoms with Crippen molar-refractivity contribution in [2.45, 2.75) is 26.7 Å². The Kier molecular flexibility index (Phi) is 3.09. The maximum atomic E-state index is 6.17. The van der Waals surface area contributed by atoms with E-state index in [9.17, 15) is 0 Å². The van der Waals surface area contributed by atoms with Gasteiger partial charge < -0.3 is 0 Å². The number of aromatic nitrogens is 1. The number of halogens is 2. The molecule has 1 aromatic heterocycles. The monoisotopic (exact) mass is 253 g/mol. The van der Waals surface area contributed by atoms with Crippen LogP contribution in [0.1, 0.15) is 30.9 Å². The summed E-state index contributed by atoms with van der Waals surface area (Å²) in [6.07, 6.45) is 0. The van der Waals surface area contributed by atoms with E-state index in [0.717, 1.165) is 27.1 Å². The molecular weight excluding hydrogens is 241 g/mol. The van der Waals surface area contributed by atoms with E-state index in [0.29, 0.717) is 11.1 Å². The summed E-state index contributed by atoms with van der Waals surface area (Å²) >= 11 is 12.3. The Bertz CT molecular complexity index is 547. The van der Waals surface area contributed by atoms with Gasteiger partial charge in [0.05, 0.1) is 5.52 Å². The van der Waals surface area contributed by atoms with Crippen LogP contribution < -0.4 is 0 Å². The molecule has 1 heterocycles.